The number of esters is 1. The molecule has 0 fully saturated rings. The molecule has 9 heteroatoms. The number of nitrogens with zero attached hydrogens (tertiary/aromatic N) is 4. The predicted octanol–water partition coefficient (Wildman–Crippen LogP) is 3.95. The van der Waals surface area contributed by atoms with Gasteiger partial charge in [-0.1, -0.05) is 35.3 Å². The number of halogens is 2. The number of pyridine rings is 1. The number of hydrogen-bond acceptors (Lipinski definition) is 5. The second kappa shape index (κ2) is 8.45. The van der Waals surface area contributed by atoms with Crippen LogP contribution in [0.5, 0.6) is 0 Å². The number of fused-ring (bicyclic) bond motifs is 1. The Balaban J connectivity index is 1.71. The number of aromatic nitrogens is 3. The molecule has 0 spiro atoms. The SMILES string of the molecule is CCOC(=O)c1nc2c(n1-c1ccccn1)CCN(C(=O)c1cccc(Cl)c1Cl)C2. The van der Waals surface area contributed by atoms with Crippen molar-refractivity contribution >= 4 is 35.1 Å². The molecule has 4 rings (SSSR count). The van der Waals surface area contributed by atoms with Gasteiger partial charge in [0, 0.05) is 19.2 Å². The summed E-state index contributed by atoms with van der Waals surface area (Å²) in [6.45, 7) is 2.65. The van der Waals surface area contributed by atoms with Gasteiger partial charge in [0.15, 0.2) is 0 Å². The second-order valence-electron chi connectivity index (χ2n) is 6.65. The van der Waals surface area contributed by atoms with Crippen LogP contribution in [0.1, 0.15) is 39.3 Å². The van der Waals surface area contributed by atoms with E-state index >= 15 is 0 Å². The van der Waals surface area contributed by atoms with E-state index in [9.17, 15) is 9.59 Å². The van der Waals surface area contributed by atoms with Crippen LogP contribution in [-0.4, -0.2) is 44.5 Å². The number of carbonyl (C=O) groups is 2. The van der Waals surface area contributed by atoms with Crippen LogP contribution in [0.2, 0.25) is 10.0 Å². The molecule has 30 heavy (non-hydrogen) atoms. The van der Waals surface area contributed by atoms with Gasteiger partial charge < -0.3 is 9.64 Å². The van der Waals surface area contributed by atoms with Gasteiger partial charge in [-0.25, -0.2) is 14.8 Å². The molecule has 1 aromatic carbocycles. The standard InChI is InChI=1S/C21H18Cl2N4O3/c1-2-30-21(29)19-25-15-12-26(20(28)13-6-5-7-14(22)18(13)23)11-9-16(15)27(19)17-8-3-4-10-24-17/h3-8,10H,2,9,11-12H2,1H3. The summed E-state index contributed by atoms with van der Waals surface area (Å²) in [5, 5.41) is 0.547. The van der Waals surface area contributed by atoms with Gasteiger partial charge in [-0.15, -0.1) is 0 Å². The molecular weight excluding hydrogens is 427 g/mol. The molecule has 3 heterocycles. The molecule has 2 aromatic heterocycles. The first-order valence-corrected chi connectivity index (χ1v) is 10.2. The fourth-order valence-corrected chi connectivity index (χ4v) is 3.84. The van der Waals surface area contributed by atoms with Crippen molar-refractivity contribution in [2.24, 2.45) is 0 Å². The minimum atomic E-state index is -0.534. The van der Waals surface area contributed by atoms with Crippen LogP contribution >= 0.6 is 23.2 Å². The van der Waals surface area contributed by atoms with Crippen molar-refractivity contribution in [3.63, 3.8) is 0 Å². The van der Waals surface area contributed by atoms with Crippen LogP contribution in [0.25, 0.3) is 5.82 Å². The number of imidazole rings is 1. The highest BCUT2D eigenvalue weighted by atomic mass is 35.5. The summed E-state index contributed by atoms with van der Waals surface area (Å²) in [5.74, 6) is -0.0471. The van der Waals surface area contributed by atoms with E-state index in [2.05, 4.69) is 9.97 Å². The van der Waals surface area contributed by atoms with E-state index < -0.39 is 5.97 Å². The molecule has 0 aliphatic carbocycles. The lowest BCUT2D eigenvalue weighted by atomic mass is 10.1. The molecule has 3 aromatic rings. The third kappa shape index (κ3) is 3.66. The molecule has 0 N–H and O–H groups in total. The highest BCUT2D eigenvalue weighted by molar-refractivity contribution is 6.43. The molecule has 0 atom stereocenters. The first kappa shape index (κ1) is 20.4. The van der Waals surface area contributed by atoms with Gasteiger partial charge >= 0.3 is 5.97 Å². The normalized spacial score (nSPS) is 13.1. The Kier molecular flexibility index (Phi) is 5.74. The van der Waals surface area contributed by atoms with Crippen LogP contribution < -0.4 is 0 Å². The van der Waals surface area contributed by atoms with E-state index in [1.807, 2.05) is 6.07 Å². The lowest BCUT2D eigenvalue weighted by Crippen LogP contribution is -2.36. The maximum atomic E-state index is 13.0. The number of amides is 1. The largest absolute Gasteiger partial charge is 0.460 e. The molecule has 0 unspecified atom stereocenters. The fourth-order valence-electron chi connectivity index (χ4n) is 3.46. The molecule has 1 aliphatic rings. The molecule has 0 radical (unpaired) electrons. The van der Waals surface area contributed by atoms with Gasteiger partial charge in [-0.2, -0.15) is 0 Å². The van der Waals surface area contributed by atoms with Crippen LogP contribution in [0.4, 0.5) is 0 Å². The topological polar surface area (TPSA) is 77.3 Å². The van der Waals surface area contributed by atoms with E-state index in [-0.39, 0.29) is 29.9 Å². The van der Waals surface area contributed by atoms with Gasteiger partial charge in [-0.05, 0) is 31.2 Å². The van der Waals surface area contributed by atoms with Crippen molar-refractivity contribution < 1.29 is 14.3 Å². The Labute approximate surface area is 183 Å². The average Bonchev–Trinajstić information content (AvgIpc) is 3.15. The molecule has 1 amide bonds. The maximum Gasteiger partial charge on any atom is 0.374 e. The Morgan fingerprint density at radius 3 is 2.73 bits per heavy atom. The third-order valence-electron chi connectivity index (χ3n) is 4.82. The summed E-state index contributed by atoms with van der Waals surface area (Å²) in [4.78, 5) is 36.1. The third-order valence-corrected chi connectivity index (χ3v) is 5.64. The molecular formula is C21H18Cl2N4O3. The molecule has 7 nitrogen and oxygen atoms in total. The van der Waals surface area contributed by atoms with Crippen molar-refractivity contribution in [1.29, 1.82) is 0 Å². The summed E-state index contributed by atoms with van der Waals surface area (Å²) in [6.07, 6.45) is 2.15. The van der Waals surface area contributed by atoms with Gasteiger partial charge in [0.25, 0.3) is 5.91 Å². The summed E-state index contributed by atoms with van der Waals surface area (Å²) in [5.41, 5.74) is 1.79. The molecule has 0 saturated heterocycles. The van der Waals surface area contributed by atoms with Gasteiger partial charge in [0.05, 0.1) is 40.1 Å². The van der Waals surface area contributed by atoms with Crippen molar-refractivity contribution in [2.45, 2.75) is 19.9 Å². The zero-order valence-electron chi connectivity index (χ0n) is 16.1. The first-order chi connectivity index (χ1) is 14.5. The van der Waals surface area contributed by atoms with Crippen LogP contribution in [0.15, 0.2) is 42.6 Å². The van der Waals surface area contributed by atoms with Crippen molar-refractivity contribution in [3.8, 4) is 5.82 Å². The number of ether oxygens (including phenoxy) is 1. The molecule has 0 bridgehead atoms. The van der Waals surface area contributed by atoms with E-state index in [0.717, 1.165) is 5.69 Å². The lowest BCUT2D eigenvalue weighted by molar-refractivity contribution is 0.0509. The van der Waals surface area contributed by atoms with E-state index in [1.54, 1.807) is 52.9 Å². The van der Waals surface area contributed by atoms with Crippen molar-refractivity contribution in [2.75, 3.05) is 13.2 Å². The van der Waals surface area contributed by atoms with E-state index in [0.29, 0.717) is 35.1 Å². The zero-order chi connectivity index (χ0) is 21.3. The van der Waals surface area contributed by atoms with Crippen molar-refractivity contribution in [3.05, 3.63) is 75.4 Å². The van der Waals surface area contributed by atoms with Crippen LogP contribution in [-0.2, 0) is 17.7 Å². The summed E-state index contributed by atoms with van der Waals surface area (Å²) in [7, 11) is 0. The zero-order valence-corrected chi connectivity index (χ0v) is 17.7. The minimum Gasteiger partial charge on any atom is -0.460 e. The molecule has 0 saturated carbocycles. The highest BCUT2D eigenvalue weighted by Crippen LogP contribution is 2.29. The summed E-state index contributed by atoms with van der Waals surface area (Å²) in [6, 6.07) is 10.4. The molecule has 154 valence electrons. The van der Waals surface area contributed by atoms with E-state index in [4.69, 9.17) is 27.9 Å². The monoisotopic (exact) mass is 444 g/mol. The predicted molar refractivity (Wildman–Crippen MR) is 112 cm³/mol. The Morgan fingerprint density at radius 2 is 2.00 bits per heavy atom. The lowest BCUT2D eigenvalue weighted by Gasteiger charge is -2.27. The van der Waals surface area contributed by atoms with Gasteiger partial charge in [0.1, 0.15) is 5.82 Å². The Bertz CT molecular complexity index is 1110. The number of hydrogen-bond donors (Lipinski definition) is 0. The summed E-state index contributed by atoms with van der Waals surface area (Å²) < 4.78 is 6.89. The number of benzene rings is 1. The number of rotatable bonds is 4. The minimum absolute atomic E-state index is 0.149. The molecule has 1 aliphatic heterocycles. The summed E-state index contributed by atoms with van der Waals surface area (Å²) >= 11 is 12.3. The quantitative estimate of drug-likeness (QED) is 0.569. The van der Waals surface area contributed by atoms with E-state index in [1.165, 1.54) is 0 Å². The van der Waals surface area contributed by atoms with Crippen molar-refractivity contribution in [1.82, 2.24) is 19.4 Å². The fraction of sp³-hybridized carbons (Fsp3) is 0.238. The highest BCUT2D eigenvalue weighted by Gasteiger charge is 2.31. The Hall–Kier alpha value is -2.90. The van der Waals surface area contributed by atoms with Gasteiger partial charge in [-0.3, -0.25) is 9.36 Å². The van der Waals surface area contributed by atoms with Crippen LogP contribution in [0, 0.1) is 0 Å². The average molecular weight is 445 g/mol. The smallest absolute Gasteiger partial charge is 0.374 e. The van der Waals surface area contributed by atoms with Crippen LogP contribution in [0.3, 0.4) is 0 Å². The maximum absolute atomic E-state index is 13.0. The first-order valence-electron chi connectivity index (χ1n) is 9.43. The number of carbonyl (C=O) groups excluding carboxylic acids is 2. The second-order valence-corrected chi connectivity index (χ2v) is 7.44. The van der Waals surface area contributed by atoms with Gasteiger partial charge in [0.2, 0.25) is 5.82 Å². The Morgan fingerprint density at radius 1 is 1.17 bits per heavy atom.